The summed E-state index contributed by atoms with van der Waals surface area (Å²) in [5.74, 6) is -0.509. The molecular formula is C12H17Cl2FN2O2. The van der Waals surface area contributed by atoms with Crippen LogP contribution < -0.4 is 15.8 Å². The highest BCUT2D eigenvalue weighted by molar-refractivity contribution is 6.32. The van der Waals surface area contributed by atoms with E-state index in [4.69, 9.17) is 22.1 Å². The third-order valence-electron chi connectivity index (χ3n) is 2.24. The van der Waals surface area contributed by atoms with E-state index in [2.05, 4.69) is 5.32 Å². The summed E-state index contributed by atoms with van der Waals surface area (Å²) in [7, 11) is 0. The van der Waals surface area contributed by atoms with Gasteiger partial charge in [-0.15, -0.1) is 12.4 Å². The molecule has 0 atom stereocenters. The smallest absolute Gasteiger partial charge is 0.258 e. The van der Waals surface area contributed by atoms with Gasteiger partial charge in [-0.2, -0.15) is 0 Å². The molecule has 0 saturated carbocycles. The Bertz CT molecular complexity index is 442. The molecule has 1 aromatic rings. The Balaban J connectivity index is 0.00000324. The first kappa shape index (κ1) is 18.0. The number of hydrogen-bond acceptors (Lipinski definition) is 3. The van der Waals surface area contributed by atoms with Crippen molar-refractivity contribution < 1.29 is 13.9 Å². The fourth-order valence-corrected chi connectivity index (χ4v) is 1.42. The average molecular weight is 311 g/mol. The number of carbonyl (C=O) groups excluding carboxylic acids is 1. The molecule has 0 aliphatic heterocycles. The Morgan fingerprint density at radius 3 is 2.68 bits per heavy atom. The van der Waals surface area contributed by atoms with Crippen molar-refractivity contribution in [3.05, 3.63) is 29.0 Å². The summed E-state index contributed by atoms with van der Waals surface area (Å²) in [5, 5.41) is 2.83. The summed E-state index contributed by atoms with van der Waals surface area (Å²) >= 11 is 5.76. The minimum absolute atomic E-state index is 0. The van der Waals surface area contributed by atoms with Crippen molar-refractivity contribution in [2.75, 3.05) is 13.2 Å². The van der Waals surface area contributed by atoms with Gasteiger partial charge in [0, 0.05) is 12.1 Å². The van der Waals surface area contributed by atoms with Gasteiger partial charge in [-0.1, -0.05) is 11.6 Å². The van der Waals surface area contributed by atoms with Gasteiger partial charge < -0.3 is 15.8 Å². The first-order chi connectivity index (χ1) is 8.34. The topological polar surface area (TPSA) is 64.3 Å². The van der Waals surface area contributed by atoms with Crippen molar-refractivity contribution in [2.24, 2.45) is 5.73 Å². The predicted octanol–water partition coefficient (Wildman–Crippen LogP) is 2.13. The van der Waals surface area contributed by atoms with Crippen LogP contribution in [0.2, 0.25) is 5.02 Å². The second-order valence-electron chi connectivity index (χ2n) is 4.50. The van der Waals surface area contributed by atoms with E-state index in [0.29, 0.717) is 6.54 Å². The number of rotatable bonds is 5. The maximum atomic E-state index is 12.8. The monoisotopic (exact) mass is 310 g/mol. The third-order valence-corrected chi connectivity index (χ3v) is 2.54. The lowest BCUT2D eigenvalue weighted by molar-refractivity contribution is -0.124. The lowest BCUT2D eigenvalue weighted by Crippen LogP contribution is -2.50. The van der Waals surface area contributed by atoms with Crippen LogP contribution in [0.4, 0.5) is 4.39 Å². The van der Waals surface area contributed by atoms with Crippen molar-refractivity contribution >= 4 is 29.9 Å². The van der Waals surface area contributed by atoms with Crippen LogP contribution >= 0.6 is 24.0 Å². The Hall–Kier alpha value is -1.04. The molecule has 4 nitrogen and oxygen atoms in total. The molecule has 0 spiro atoms. The molecule has 108 valence electrons. The molecule has 19 heavy (non-hydrogen) atoms. The molecule has 0 fully saturated rings. The van der Waals surface area contributed by atoms with Gasteiger partial charge >= 0.3 is 0 Å². The van der Waals surface area contributed by atoms with Gasteiger partial charge in [0.2, 0.25) is 0 Å². The largest absolute Gasteiger partial charge is 0.482 e. The second kappa shape index (κ2) is 7.53. The normalized spacial score (nSPS) is 10.6. The zero-order chi connectivity index (χ0) is 13.8. The van der Waals surface area contributed by atoms with Gasteiger partial charge in [0.05, 0.1) is 5.02 Å². The molecule has 0 bridgehead atoms. The number of hydrogen-bond donors (Lipinski definition) is 2. The predicted molar refractivity (Wildman–Crippen MR) is 75.4 cm³/mol. The van der Waals surface area contributed by atoms with Gasteiger partial charge in [-0.3, -0.25) is 4.79 Å². The van der Waals surface area contributed by atoms with E-state index in [1.807, 2.05) is 0 Å². The maximum Gasteiger partial charge on any atom is 0.258 e. The number of benzene rings is 1. The zero-order valence-corrected chi connectivity index (χ0v) is 12.3. The molecule has 0 unspecified atom stereocenters. The molecule has 0 heterocycles. The van der Waals surface area contributed by atoms with Crippen LogP contribution in [-0.2, 0) is 4.79 Å². The van der Waals surface area contributed by atoms with E-state index in [1.54, 1.807) is 13.8 Å². The van der Waals surface area contributed by atoms with Gasteiger partial charge in [0.25, 0.3) is 5.91 Å². The molecule has 0 aliphatic carbocycles. The van der Waals surface area contributed by atoms with E-state index in [9.17, 15) is 9.18 Å². The summed E-state index contributed by atoms with van der Waals surface area (Å²) in [6, 6.07) is 3.71. The molecule has 1 rings (SSSR count). The molecule has 0 radical (unpaired) electrons. The highest BCUT2D eigenvalue weighted by Gasteiger charge is 2.18. The number of amides is 1. The summed E-state index contributed by atoms with van der Waals surface area (Å²) < 4.78 is 18.0. The van der Waals surface area contributed by atoms with Crippen molar-refractivity contribution in [1.82, 2.24) is 5.32 Å². The fourth-order valence-electron chi connectivity index (χ4n) is 1.20. The maximum absolute atomic E-state index is 12.8. The molecule has 1 amide bonds. The molecule has 7 heteroatoms. The fraction of sp³-hybridized carbons (Fsp3) is 0.417. The van der Waals surface area contributed by atoms with Crippen LogP contribution in [0.1, 0.15) is 13.8 Å². The Morgan fingerprint density at radius 2 is 2.16 bits per heavy atom. The molecule has 0 saturated heterocycles. The third kappa shape index (κ3) is 6.09. The van der Waals surface area contributed by atoms with Crippen molar-refractivity contribution in [3.8, 4) is 5.75 Å². The number of ether oxygens (including phenoxy) is 1. The second-order valence-corrected chi connectivity index (χ2v) is 4.91. The Morgan fingerprint density at radius 1 is 1.53 bits per heavy atom. The summed E-state index contributed by atoms with van der Waals surface area (Å²) in [4.78, 5) is 11.6. The van der Waals surface area contributed by atoms with Gasteiger partial charge in [0.15, 0.2) is 6.61 Å². The minimum atomic E-state index is -0.493. The van der Waals surface area contributed by atoms with Gasteiger partial charge in [0.1, 0.15) is 11.6 Å². The van der Waals surface area contributed by atoms with Crippen LogP contribution in [0.3, 0.4) is 0 Å². The first-order valence-electron chi connectivity index (χ1n) is 5.43. The van der Waals surface area contributed by atoms with Crippen LogP contribution in [0.5, 0.6) is 5.75 Å². The first-order valence-corrected chi connectivity index (χ1v) is 5.81. The van der Waals surface area contributed by atoms with Crippen molar-refractivity contribution in [3.63, 3.8) is 0 Å². The van der Waals surface area contributed by atoms with E-state index in [0.717, 1.165) is 6.07 Å². The van der Waals surface area contributed by atoms with E-state index in [-0.39, 0.29) is 35.7 Å². The Kier molecular flexibility index (Phi) is 7.11. The molecule has 0 aliphatic rings. The standard InChI is InChI=1S/C12H16ClFN2O2.ClH/c1-12(2,7-15)16-11(17)6-18-10-4-3-8(14)5-9(10)13;/h3-5H,6-7,15H2,1-2H3,(H,16,17);1H. The number of nitrogens with two attached hydrogens (primary N) is 1. The van der Waals surface area contributed by atoms with E-state index >= 15 is 0 Å². The van der Waals surface area contributed by atoms with Crippen LogP contribution in [0.25, 0.3) is 0 Å². The molecule has 0 aromatic heterocycles. The highest BCUT2D eigenvalue weighted by Crippen LogP contribution is 2.24. The molecule has 3 N–H and O–H groups in total. The quantitative estimate of drug-likeness (QED) is 0.875. The number of halogens is 3. The Labute approximate surface area is 122 Å². The highest BCUT2D eigenvalue weighted by atomic mass is 35.5. The van der Waals surface area contributed by atoms with Gasteiger partial charge in [-0.25, -0.2) is 4.39 Å². The summed E-state index contributed by atoms with van der Waals surface area (Å²) in [6.07, 6.45) is 0. The minimum Gasteiger partial charge on any atom is -0.482 e. The molecule has 1 aromatic carbocycles. The number of nitrogens with one attached hydrogen (secondary N) is 1. The van der Waals surface area contributed by atoms with Crippen molar-refractivity contribution in [2.45, 2.75) is 19.4 Å². The van der Waals surface area contributed by atoms with Crippen molar-refractivity contribution in [1.29, 1.82) is 0 Å². The van der Waals surface area contributed by atoms with Crippen LogP contribution in [0.15, 0.2) is 18.2 Å². The number of carbonyl (C=O) groups is 1. The van der Waals surface area contributed by atoms with E-state index in [1.165, 1.54) is 12.1 Å². The van der Waals surface area contributed by atoms with Gasteiger partial charge in [-0.05, 0) is 32.0 Å². The summed E-state index contributed by atoms with van der Waals surface area (Å²) in [5.41, 5.74) is 4.99. The lowest BCUT2D eigenvalue weighted by atomic mass is 10.1. The lowest BCUT2D eigenvalue weighted by Gasteiger charge is -2.24. The van der Waals surface area contributed by atoms with E-state index < -0.39 is 11.4 Å². The zero-order valence-electron chi connectivity index (χ0n) is 10.7. The average Bonchev–Trinajstić information content (AvgIpc) is 2.27. The SMILES string of the molecule is CC(C)(CN)NC(=O)COc1ccc(F)cc1Cl.Cl. The summed E-state index contributed by atoms with van der Waals surface area (Å²) in [6.45, 7) is 3.72. The van der Waals surface area contributed by atoms with Crippen LogP contribution in [0, 0.1) is 5.82 Å². The van der Waals surface area contributed by atoms with Crippen LogP contribution in [-0.4, -0.2) is 24.6 Å². The molecular weight excluding hydrogens is 294 g/mol.